The number of rotatable bonds is 6. The van der Waals surface area contributed by atoms with Crippen molar-refractivity contribution in [1.82, 2.24) is 5.32 Å². The summed E-state index contributed by atoms with van der Waals surface area (Å²) >= 11 is 0. The molecule has 0 aromatic carbocycles. The molecule has 2 N–H and O–H groups in total. The Bertz CT molecular complexity index is 588. The second kappa shape index (κ2) is 7.97. The monoisotopic (exact) mass is 393 g/mol. The highest BCUT2D eigenvalue weighted by molar-refractivity contribution is 5.85. The lowest BCUT2D eigenvalue weighted by Gasteiger charge is -2.62. The van der Waals surface area contributed by atoms with Gasteiger partial charge in [0.15, 0.2) is 6.10 Å². The van der Waals surface area contributed by atoms with E-state index in [4.69, 9.17) is 4.74 Å². The normalized spacial score (nSPS) is 33.1. The number of hydrogen-bond donors (Lipinski definition) is 2. The van der Waals surface area contributed by atoms with Gasteiger partial charge in [0, 0.05) is 18.6 Å². The van der Waals surface area contributed by atoms with E-state index in [0.29, 0.717) is 23.2 Å². The number of hydrogen-bond acceptors (Lipinski definition) is 4. The third kappa shape index (κ3) is 4.10. The maximum Gasteiger partial charge on any atom is 0.312 e. The second-order valence-corrected chi connectivity index (χ2v) is 11.0. The van der Waals surface area contributed by atoms with E-state index >= 15 is 0 Å². The van der Waals surface area contributed by atoms with Crippen molar-refractivity contribution in [3.63, 3.8) is 0 Å². The van der Waals surface area contributed by atoms with Crippen molar-refractivity contribution in [2.75, 3.05) is 6.61 Å². The molecule has 5 heteroatoms. The van der Waals surface area contributed by atoms with Crippen LogP contribution in [0.15, 0.2) is 0 Å². The molecule has 4 fully saturated rings. The third-order valence-corrected chi connectivity index (χ3v) is 7.84. The van der Waals surface area contributed by atoms with E-state index in [0.717, 1.165) is 38.5 Å². The van der Waals surface area contributed by atoms with Crippen LogP contribution in [0.25, 0.3) is 0 Å². The number of carbonyl (C=O) groups is 2. The van der Waals surface area contributed by atoms with Gasteiger partial charge >= 0.3 is 5.97 Å². The first kappa shape index (κ1) is 21.6. The zero-order valence-electron chi connectivity index (χ0n) is 18.3. The molecule has 2 bridgehead atoms. The highest BCUT2D eigenvalue weighted by atomic mass is 16.5. The summed E-state index contributed by atoms with van der Waals surface area (Å²) in [5, 5.41) is 12.8. The molecule has 0 aromatic rings. The van der Waals surface area contributed by atoms with Crippen LogP contribution < -0.4 is 5.32 Å². The van der Waals surface area contributed by atoms with Crippen LogP contribution in [-0.4, -0.2) is 35.7 Å². The molecule has 0 saturated heterocycles. The maximum atomic E-state index is 13.2. The highest BCUT2D eigenvalue weighted by Crippen LogP contribution is 2.62. The maximum absolute atomic E-state index is 13.2. The lowest BCUT2D eigenvalue weighted by molar-refractivity contribution is -0.169. The molecule has 160 valence electrons. The molecule has 0 heterocycles. The Morgan fingerprint density at radius 2 is 1.82 bits per heavy atom. The largest absolute Gasteiger partial charge is 0.452 e. The van der Waals surface area contributed by atoms with Gasteiger partial charge in [0.2, 0.25) is 0 Å². The number of ether oxygens (including phenoxy) is 1. The number of fused-ring (bicyclic) bond motifs is 2. The first-order chi connectivity index (χ1) is 13.1. The molecule has 5 atom stereocenters. The summed E-state index contributed by atoms with van der Waals surface area (Å²) in [5.41, 5.74) is -0.322. The summed E-state index contributed by atoms with van der Waals surface area (Å²) in [6, 6.07) is 0.0775. The van der Waals surface area contributed by atoms with Crippen molar-refractivity contribution < 1.29 is 19.4 Å². The summed E-state index contributed by atoms with van der Waals surface area (Å²) in [4.78, 5) is 25.7. The minimum atomic E-state index is -0.685. The fourth-order valence-corrected chi connectivity index (χ4v) is 5.84. The van der Waals surface area contributed by atoms with Gasteiger partial charge in [-0.3, -0.25) is 9.59 Å². The molecule has 4 saturated carbocycles. The van der Waals surface area contributed by atoms with Gasteiger partial charge in [0.05, 0.1) is 5.41 Å². The number of aliphatic hydroxyl groups is 1. The second-order valence-electron chi connectivity index (χ2n) is 11.0. The Morgan fingerprint density at radius 3 is 2.36 bits per heavy atom. The first-order valence-corrected chi connectivity index (χ1v) is 11.2. The lowest BCUT2D eigenvalue weighted by Crippen LogP contribution is -2.62. The predicted octanol–water partition coefficient (Wildman–Crippen LogP) is 3.68. The van der Waals surface area contributed by atoms with E-state index < -0.39 is 11.5 Å². The van der Waals surface area contributed by atoms with Crippen molar-refractivity contribution in [1.29, 1.82) is 0 Å². The van der Waals surface area contributed by atoms with Crippen LogP contribution in [0.2, 0.25) is 0 Å². The molecule has 0 spiro atoms. The van der Waals surface area contributed by atoms with Crippen LogP contribution in [0, 0.1) is 34.5 Å². The Kier molecular flexibility index (Phi) is 6.15. The fourth-order valence-electron chi connectivity index (χ4n) is 5.84. The fraction of sp³-hybridized carbons (Fsp3) is 0.913. The number of esters is 1. The molecule has 4 aliphatic rings. The van der Waals surface area contributed by atoms with Gasteiger partial charge in [0.1, 0.15) is 0 Å². The minimum Gasteiger partial charge on any atom is -0.452 e. The summed E-state index contributed by atoms with van der Waals surface area (Å²) in [6.07, 6.45) is 6.28. The smallest absolute Gasteiger partial charge is 0.312 e. The van der Waals surface area contributed by atoms with Crippen molar-refractivity contribution >= 4 is 11.9 Å². The standard InChI is InChI=1S/C23H39NO4/c1-22(2,3)21(27)28-19(14-8-6-7-9-14)20(26)24-18-13-15-12-17(23(15,4)5)16(18)10-11-25/h14-19,25H,6-13H2,1-5H3,(H,24,26)/t15-,16+,17+,18+,19?/m1/s1. The predicted molar refractivity (Wildman–Crippen MR) is 108 cm³/mol. The zero-order chi connectivity index (χ0) is 20.7. The van der Waals surface area contributed by atoms with E-state index in [1.807, 2.05) is 20.8 Å². The summed E-state index contributed by atoms with van der Waals surface area (Å²) in [5.74, 6) is 1.16. The number of nitrogens with one attached hydrogen (secondary N) is 1. The van der Waals surface area contributed by atoms with E-state index in [-0.39, 0.29) is 30.4 Å². The molecule has 1 unspecified atom stereocenters. The zero-order valence-corrected chi connectivity index (χ0v) is 18.3. The van der Waals surface area contributed by atoms with Gasteiger partial charge in [0.25, 0.3) is 5.91 Å². The molecule has 1 amide bonds. The number of carbonyl (C=O) groups excluding carboxylic acids is 2. The van der Waals surface area contributed by atoms with Crippen LogP contribution in [0.3, 0.4) is 0 Å². The van der Waals surface area contributed by atoms with Gasteiger partial charge in [-0.25, -0.2) is 0 Å². The summed E-state index contributed by atoms with van der Waals surface area (Å²) in [6.45, 7) is 10.3. The van der Waals surface area contributed by atoms with Gasteiger partial charge in [-0.1, -0.05) is 26.7 Å². The van der Waals surface area contributed by atoms with Crippen LogP contribution >= 0.6 is 0 Å². The first-order valence-electron chi connectivity index (χ1n) is 11.2. The molecule has 4 rings (SSSR count). The van der Waals surface area contributed by atoms with Gasteiger partial charge in [-0.15, -0.1) is 0 Å². The molecule has 5 nitrogen and oxygen atoms in total. The molecular formula is C23H39NO4. The van der Waals surface area contributed by atoms with E-state index in [1.54, 1.807) is 0 Å². The van der Waals surface area contributed by atoms with Crippen LogP contribution in [-0.2, 0) is 14.3 Å². The van der Waals surface area contributed by atoms with Gasteiger partial charge in [-0.2, -0.15) is 0 Å². The average Bonchev–Trinajstić information content (AvgIpc) is 3.13. The van der Waals surface area contributed by atoms with Crippen LogP contribution in [0.1, 0.15) is 79.6 Å². The van der Waals surface area contributed by atoms with Crippen molar-refractivity contribution in [3.8, 4) is 0 Å². The molecule has 0 aliphatic heterocycles. The van der Waals surface area contributed by atoms with E-state index in [2.05, 4.69) is 19.2 Å². The topological polar surface area (TPSA) is 75.6 Å². The SMILES string of the molecule is CC(C)(C)C(=O)OC(C(=O)N[C@H]1C[C@H]2C[C@@H]([C@@H]1CCO)C2(C)C)C1CCCC1. The third-order valence-electron chi connectivity index (χ3n) is 7.84. The average molecular weight is 394 g/mol. The Hall–Kier alpha value is -1.10. The lowest BCUT2D eigenvalue weighted by atomic mass is 9.44. The molecule has 0 radical (unpaired) electrons. The molecule has 0 aromatic heterocycles. The molecular weight excluding hydrogens is 354 g/mol. The van der Waals surface area contributed by atoms with Crippen molar-refractivity contribution in [2.45, 2.75) is 91.7 Å². The Balaban J connectivity index is 1.71. The van der Waals surface area contributed by atoms with Crippen molar-refractivity contribution in [2.24, 2.45) is 34.5 Å². The van der Waals surface area contributed by atoms with Crippen LogP contribution in [0.5, 0.6) is 0 Å². The number of amides is 1. The summed E-state index contributed by atoms with van der Waals surface area (Å²) in [7, 11) is 0. The quantitative estimate of drug-likeness (QED) is 0.675. The van der Waals surface area contributed by atoms with Crippen LogP contribution in [0.4, 0.5) is 0 Å². The molecule has 4 aliphatic carbocycles. The van der Waals surface area contributed by atoms with E-state index in [9.17, 15) is 14.7 Å². The Labute approximate surface area is 170 Å². The molecule has 28 heavy (non-hydrogen) atoms. The van der Waals surface area contributed by atoms with Crippen molar-refractivity contribution in [3.05, 3.63) is 0 Å². The highest BCUT2D eigenvalue weighted by Gasteiger charge is 2.57. The minimum absolute atomic E-state index is 0.0775. The van der Waals surface area contributed by atoms with E-state index in [1.165, 1.54) is 6.42 Å². The Morgan fingerprint density at radius 1 is 1.18 bits per heavy atom. The van der Waals surface area contributed by atoms with Gasteiger partial charge in [-0.05, 0) is 76.0 Å². The number of aliphatic hydroxyl groups excluding tert-OH is 1. The van der Waals surface area contributed by atoms with Gasteiger partial charge < -0.3 is 15.2 Å². The summed E-state index contributed by atoms with van der Waals surface area (Å²) < 4.78 is 5.78.